The maximum atomic E-state index is 13.5. The summed E-state index contributed by atoms with van der Waals surface area (Å²) in [6.45, 7) is 2.00. The number of ether oxygens (including phenoxy) is 1. The molecule has 100 valence electrons. The first kappa shape index (κ1) is 13.8. The molecule has 0 fully saturated rings. The standard InChI is InChI=1S/C12H11FIN3O2/c1-2-19-12(18)7-5-16-17(6-7)11-3-8(13)9(14)4-10(11)15/h3-6H,2,15H2,1H3. The zero-order valence-corrected chi connectivity index (χ0v) is 12.2. The van der Waals surface area contributed by atoms with Gasteiger partial charge < -0.3 is 10.5 Å². The fourth-order valence-corrected chi connectivity index (χ4v) is 2.02. The van der Waals surface area contributed by atoms with Crippen LogP contribution in [-0.2, 0) is 4.74 Å². The molecule has 0 aliphatic rings. The molecule has 0 saturated carbocycles. The van der Waals surface area contributed by atoms with E-state index in [4.69, 9.17) is 10.5 Å². The van der Waals surface area contributed by atoms with Crippen LogP contribution in [0.5, 0.6) is 0 Å². The van der Waals surface area contributed by atoms with Crippen LogP contribution in [0.25, 0.3) is 5.69 Å². The van der Waals surface area contributed by atoms with Crippen LogP contribution in [0.1, 0.15) is 17.3 Å². The number of nitrogens with two attached hydrogens (primary N) is 1. The van der Waals surface area contributed by atoms with Crippen molar-refractivity contribution in [1.29, 1.82) is 0 Å². The van der Waals surface area contributed by atoms with Gasteiger partial charge in [-0.1, -0.05) is 0 Å². The van der Waals surface area contributed by atoms with Gasteiger partial charge in [0.15, 0.2) is 0 Å². The molecule has 0 atom stereocenters. The van der Waals surface area contributed by atoms with Gasteiger partial charge in [0.25, 0.3) is 0 Å². The molecule has 0 saturated heterocycles. The Kier molecular flexibility index (Phi) is 4.03. The van der Waals surface area contributed by atoms with Gasteiger partial charge >= 0.3 is 5.97 Å². The number of benzene rings is 1. The fraction of sp³-hybridized carbons (Fsp3) is 0.167. The van der Waals surface area contributed by atoms with Crippen molar-refractivity contribution in [2.75, 3.05) is 12.3 Å². The quantitative estimate of drug-likeness (QED) is 0.508. The number of halogens is 2. The number of hydrogen-bond acceptors (Lipinski definition) is 4. The van der Waals surface area contributed by atoms with E-state index in [0.29, 0.717) is 20.5 Å². The van der Waals surface area contributed by atoms with Gasteiger partial charge in [-0.2, -0.15) is 5.10 Å². The molecule has 0 unspecified atom stereocenters. The summed E-state index contributed by atoms with van der Waals surface area (Å²) in [5, 5.41) is 3.99. The second-order valence-corrected chi connectivity index (χ2v) is 4.88. The summed E-state index contributed by atoms with van der Waals surface area (Å²) in [5.74, 6) is -0.865. The van der Waals surface area contributed by atoms with Crippen LogP contribution in [0.2, 0.25) is 0 Å². The van der Waals surface area contributed by atoms with Crippen LogP contribution in [0, 0.1) is 9.39 Å². The van der Waals surface area contributed by atoms with Crippen LogP contribution in [-0.4, -0.2) is 22.4 Å². The van der Waals surface area contributed by atoms with E-state index in [2.05, 4.69) is 5.10 Å². The summed E-state index contributed by atoms with van der Waals surface area (Å²) >= 11 is 1.85. The van der Waals surface area contributed by atoms with Crippen LogP contribution < -0.4 is 5.73 Å². The molecule has 1 aromatic heterocycles. The van der Waals surface area contributed by atoms with Gasteiger partial charge in [-0.05, 0) is 35.6 Å². The molecule has 7 heteroatoms. The van der Waals surface area contributed by atoms with Gasteiger partial charge in [-0.3, -0.25) is 0 Å². The zero-order chi connectivity index (χ0) is 14.0. The van der Waals surface area contributed by atoms with E-state index < -0.39 is 11.8 Å². The van der Waals surface area contributed by atoms with Crippen LogP contribution >= 0.6 is 22.6 Å². The molecule has 0 spiro atoms. The van der Waals surface area contributed by atoms with Crippen LogP contribution in [0.3, 0.4) is 0 Å². The lowest BCUT2D eigenvalue weighted by molar-refractivity contribution is 0.0526. The topological polar surface area (TPSA) is 70.1 Å². The summed E-state index contributed by atoms with van der Waals surface area (Å²) in [4.78, 5) is 11.5. The number of carbonyl (C=O) groups is 1. The molecular weight excluding hydrogens is 364 g/mol. The summed E-state index contributed by atoms with van der Waals surface area (Å²) in [6.07, 6.45) is 2.81. The molecule has 2 N–H and O–H groups in total. The summed E-state index contributed by atoms with van der Waals surface area (Å²) in [7, 11) is 0. The zero-order valence-electron chi connectivity index (χ0n) is 10.1. The number of hydrogen-bond donors (Lipinski definition) is 1. The van der Waals surface area contributed by atoms with E-state index in [9.17, 15) is 9.18 Å². The molecule has 2 rings (SSSR count). The van der Waals surface area contributed by atoms with Gasteiger partial charge in [-0.15, -0.1) is 0 Å². The third-order valence-electron chi connectivity index (χ3n) is 2.41. The van der Waals surface area contributed by atoms with Crippen molar-refractivity contribution in [3.63, 3.8) is 0 Å². The van der Waals surface area contributed by atoms with Gasteiger partial charge in [0.05, 0.1) is 33.3 Å². The first-order valence-electron chi connectivity index (χ1n) is 5.49. The minimum atomic E-state index is -0.474. The molecular formula is C12H11FIN3O2. The van der Waals surface area contributed by atoms with Crippen molar-refractivity contribution in [2.24, 2.45) is 0 Å². The van der Waals surface area contributed by atoms with Crippen molar-refractivity contribution in [2.45, 2.75) is 6.92 Å². The molecule has 0 aliphatic heterocycles. The molecule has 5 nitrogen and oxygen atoms in total. The highest BCUT2D eigenvalue weighted by atomic mass is 127. The average molecular weight is 375 g/mol. The number of aromatic nitrogens is 2. The monoisotopic (exact) mass is 375 g/mol. The maximum absolute atomic E-state index is 13.5. The van der Waals surface area contributed by atoms with E-state index in [-0.39, 0.29) is 6.61 Å². The van der Waals surface area contributed by atoms with E-state index in [0.717, 1.165) is 0 Å². The number of rotatable bonds is 3. The molecule has 0 bridgehead atoms. The Morgan fingerprint density at radius 2 is 2.32 bits per heavy atom. The first-order chi connectivity index (χ1) is 9.02. The Morgan fingerprint density at radius 1 is 1.58 bits per heavy atom. The molecule has 0 radical (unpaired) electrons. The second kappa shape index (κ2) is 5.55. The van der Waals surface area contributed by atoms with Crippen molar-refractivity contribution in [3.05, 3.63) is 39.5 Å². The summed E-state index contributed by atoms with van der Waals surface area (Å²) < 4.78 is 20.2. The predicted molar refractivity (Wildman–Crippen MR) is 76.6 cm³/mol. The Balaban J connectivity index is 2.38. The van der Waals surface area contributed by atoms with Crippen molar-refractivity contribution < 1.29 is 13.9 Å². The van der Waals surface area contributed by atoms with E-state index in [1.54, 1.807) is 6.92 Å². The SMILES string of the molecule is CCOC(=O)c1cnn(-c2cc(F)c(I)cc2N)c1. The van der Waals surface area contributed by atoms with E-state index in [1.807, 2.05) is 22.6 Å². The average Bonchev–Trinajstić information content (AvgIpc) is 2.83. The predicted octanol–water partition coefficient (Wildman–Crippen LogP) is 2.37. The maximum Gasteiger partial charge on any atom is 0.341 e. The van der Waals surface area contributed by atoms with Crippen molar-refractivity contribution >= 4 is 34.2 Å². The van der Waals surface area contributed by atoms with Crippen molar-refractivity contribution in [1.82, 2.24) is 9.78 Å². The number of nitrogens with zero attached hydrogens (tertiary/aromatic N) is 2. The highest BCUT2D eigenvalue weighted by Gasteiger charge is 2.13. The lowest BCUT2D eigenvalue weighted by atomic mass is 10.2. The number of esters is 1. The van der Waals surface area contributed by atoms with E-state index >= 15 is 0 Å². The Bertz CT molecular complexity index is 627. The molecule has 0 amide bonds. The highest BCUT2D eigenvalue weighted by molar-refractivity contribution is 14.1. The number of anilines is 1. The lowest BCUT2D eigenvalue weighted by Crippen LogP contribution is -2.04. The molecule has 1 aromatic carbocycles. The Morgan fingerprint density at radius 3 is 3.00 bits per heavy atom. The largest absolute Gasteiger partial charge is 0.462 e. The minimum absolute atomic E-state index is 0.282. The number of carbonyl (C=O) groups excluding carboxylic acids is 1. The normalized spacial score (nSPS) is 10.5. The first-order valence-corrected chi connectivity index (χ1v) is 6.57. The second-order valence-electron chi connectivity index (χ2n) is 3.72. The third kappa shape index (κ3) is 2.86. The molecule has 19 heavy (non-hydrogen) atoms. The van der Waals surface area contributed by atoms with Gasteiger partial charge in [0.2, 0.25) is 0 Å². The van der Waals surface area contributed by atoms with Crippen LogP contribution in [0.15, 0.2) is 24.5 Å². The van der Waals surface area contributed by atoms with Crippen molar-refractivity contribution in [3.8, 4) is 5.69 Å². The number of nitrogen functional groups attached to an aromatic ring is 1. The van der Waals surface area contributed by atoms with Gasteiger partial charge in [0.1, 0.15) is 5.82 Å². The van der Waals surface area contributed by atoms with E-state index in [1.165, 1.54) is 29.2 Å². The molecule has 1 heterocycles. The Hall–Kier alpha value is -1.64. The smallest absolute Gasteiger partial charge is 0.341 e. The summed E-state index contributed by atoms with van der Waals surface area (Å²) in [6, 6.07) is 2.79. The minimum Gasteiger partial charge on any atom is -0.462 e. The molecule has 0 aliphatic carbocycles. The van der Waals surface area contributed by atoms with Gasteiger partial charge in [-0.25, -0.2) is 13.9 Å². The van der Waals surface area contributed by atoms with Gasteiger partial charge in [0, 0.05) is 12.3 Å². The lowest BCUT2D eigenvalue weighted by Gasteiger charge is -2.06. The molecule has 2 aromatic rings. The summed E-state index contributed by atoms with van der Waals surface area (Å²) in [5.41, 5.74) is 6.87. The van der Waals surface area contributed by atoms with Crippen LogP contribution in [0.4, 0.5) is 10.1 Å². The fourth-order valence-electron chi connectivity index (χ4n) is 1.52. The third-order valence-corrected chi connectivity index (χ3v) is 3.24. The Labute approximate surface area is 122 Å². The highest BCUT2D eigenvalue weighted by Crippen LogP contribution is 2.23.